The Hall–Kier alpha value is -1.32. The maximum atomic E-state index is 10.4. The Balaban J connectivity index is 4.42. The first-order chi connectivity index (χ1) is 8.74. The average Bonchev–Trinajstić information content (AvgIpc) is 2.37. The minimum atomic E-state index is -1.48. The summed E-state index contributed by atoms with van der Waals surface area (Å²) in [5.74, 6) is -1.48. The van der Waals surface area contributed by atoms with Crippen LogP contribution in [0.1, 0.15) is 39.5 Å². The Labute approximate surface area is 107 Å². The molecule has 0 aliphatic rings. The minimum Gasteiger partial charge on any atom is -0.381 e. The molecule has 0 N–H and O–H groups in total. The van der Waals surface area contributed by atoms with Gasteiger partial charge in [-0.05, 0) is 19.3 Å². The van der Waals surface area contributed by atoms with Gasteiger partial charge in [0.1, 0.15) is 0 Å². The Morgan fingerprint density at radius 2 is 1.61 bits per heavy atom. The summed E-state index contributed by atoms with van der Waals surface area (Å²) in [6, 6.07) is 0. The quantitative estimate of drug-likeness (QED) is 0.321. The predicted octanol–water partition coefficient (Wildman–Crippen LogP) is 1.95. The van der Waals surface area contributed by atoms with Crippen molar-refractivity contribution in [2.75, 3.05) is 19.8 Å². The van der Waals surface area contributed by atoms with Gasteiger partial charge >= 0.3 is 0 Å². The van der Waals surface area contributed by atoms with Crippen molar-refractivity contribution in [2.24, 2.45) is 9.98 Å². The number of nitrogens with zero attached hydrogens (tertiary/aromatic N) is 2. The summed E-state index contributed by atoms with van der Waals surface area (Å²) in [6.45, 7) is 5.46. The van der Waals surface area contributed by atoms with Gasteiger partial charge in [-0.2, -0.15) is 0 Å². The smallest absolute Gasteiger partial charge is 0.278 e. The first-order valence-corrected chi connectivity index (χ1v) is 6.14. The van der Waals surface area contributed by atoms with Gasteiger partial charge in [0.2, 0.25) is 12.2 Å². The summed E-state index contributed by atoms with van der Waals surface area (Å²) < 4.78 is 10.7. The van der Waals surface area contributed by atoms with Crippen LogP contribution in [0.4, 0.5) is 0 Å². The van der Waals surface area contributed by atoms with Gasteiger partial charge in [-0.3, -0.25) is 0 Å². The number of carbonyl (C=O) groups excluding carboxylic acids is 2. The molecule has 0 amide bonds. The van der Waals surface area contributed by atoms with Gasteiger partial charge in [0.05, 0.1) is 6.61 Å². The number of hydrogen-bond acceptors (Lipinski definition) is 6. The Morgan fingerprint density at radius 3 is 2.11 bits per heavy atom. The van der Waals surface area contributed by atoms with E-state index in [9.17, 15) is 9.59 Å². The van der Waals surface area contributed by atoms with Crippen LogP contribution in [0.15, 0.2) is 9.98 Å². The molecule has 102 valence electrons. The lowest BCUT2D eigenvalue weighted by molar-refractivity contribution is -0.0433. The molecule has 18 heavy (non-hydrogen) atoms. The van der Waals surface area contributed by atoms with Gasteiger partial charge in [0.15, 0.2) is 0 Å². The molecule has 6 heteroatoms. The average molecular weight is 256 g/mol. The van der Waals surface area contributed by atoms with E-state index in [2.05, 4.69) is 9.98 Å². The molecule has 0 rings (SSSR count). The molecule has 0 saturated heterocycles. The van der Waals surface area contributed by atoms with Crippen molar-refractivity contribution in [1.82, 2.24) is 0 Å². The fourth-order valence-corrected chi connectivity index (χ4v) is 1.33. The van der Waals surface area contributed by atoms with Crippen LogP contribution in [-0.4, -0.2) is 37.8 Å². The summed E-state index contributed by atoms with van der Waals surface area (Å²) in [4.78, 5) is 27.8. The number of hydrogen-bond donors (Lipinski definition) is 0. The Morgan fingerprint density at radius 1 is 1.00 bits per heavy atom. The Bertz CT molecular complexity index is 289. The van der Waals surface area contributed by atoms with Crippen molar-refractivity contribution >= 4 is 12.2 Å². The van der Waals surface area contributed by atoms with Crippen LogP contribution in [0.5, 0.6) is 0 Å². The first-order valence-electron chi connectivity index (χ1n) is 6.14. The molecule has 0 aliphatic heterocycles. The maximum Gasteiger partial charge on any atom is 0.278 e. The lowest BCUT2D eigenvalue weighted by atomic mass is 10.2. The van der Waals surface area contributed by atoms with Crippen LogP contribution in [0.3, 0.4) is 0 Å². The summed E-state index contributed by atoms with van der Waals surface area (Å²) in [5.41, 5.74) is 0. The van der Waals surface area contributed by atoms with E-state index < -0.39 is 5.85 Å². The van der Waals surface area contributed by atoms with E-state index in [1.165, 1.54) is 12.2 Å². The third-order valence-corrected chi connectivity index (χ3v) is 2.12. The minimum absolute atomic E-state index is 0.293. The normalized spacial score (nSPS) is 13.2. The first kappa shape index (κ1) is 16.7. The summed E-state index contributed by atoms with van der Waals surface area (Å²) >= 11 is 0. The standard InChI is InChI=1S/C12H20N2O4/c1-3-7-17-9-5-6-12(13-10-15,14-11-16)18-8-4-2/h3-9H2,1-2H3. The van der Waals surface area contributed by atoms with Crippen LogP contribution >= 0.6 is 0 Å². The van der Waals surface area contributed by atoms with E-state index in [1.54, 1.807) is 0 Å². The fraction of sp³-hybridized carbons (Fsp3) is 0.833. The van der Waals surface area contributed by atoms with Gasteiger partial charge in [0, 0.05) is 19.6 Å². The van der Waals surface area contributed by atoms with Crippen molar-refractivity contribution in [3.63, 3.8) is 0 Å². The third kappa shape index (κ3) is 7.09. The van der Waals surface area contributed by atoms with Gasteiger partial charge in [0.25, 0.3) is 5.85 Å². The molecule has 0 heterocycles. The van der Waals surface area contributed by atoms with Gasteiger partial charge in [-0.15, -0.1) is 9.98 Å². The van der Waals surface area contributed by atoms with Crippen molar-refractivity contribution in [2.45, 2.75) is 45.4 Å². The molecule has 0 aromatic carbocycles. The molecule has 0 atom stereocenters. The molecule has 0 saturated carbocycles. The summed E-state index contributed by atoms with van der Waals surface area (Å²) in [5, 5.41) is 0. The summed E-state index contributed by atoms with van der Waals surface area (Å²) in [7, 11) is 0. The zero-order valence-corrected chi connectivity index (χ0v) is 11.0. The molecular weight excluding hydrogens is 236 g/mol. The zero-order chi connectivity index (χ0) is 13.7. The molecule has 0 aliphatic carbocycles. The molecule has 0 spiro atoms. The van der Waals surface area contributed by atoms with E-state index in [0.717, 1.165) is 12.8 Å². The maximum absolute atomic E-state index is 10.4. The van der Waals surface area contributed by atoms with Gasteiger partial charge in [-0.25, -0.2) is 9.59 Å². The third-order valence-electron chi connectivity index (χ3n) is 2.12. The zero-order valence-electron chi connectivity index (χ0n) is 11.0. The second-order valence-electron chi connectivity index (χ2n) is 3.71. The molecule has 0 radical (unpaired) electrons. The van der Waals surface area contributed by atoms with E-state index in [0.29, 0.717) is 32.7 Å². The largest absolute Gasteiger partial charge is 0.381 e. The topological polar surface area (TPSA) is 77.3 Å². The second kappa shape index (κ2) is 10.8. The molecule has 0 unspecified atom stereocenters. The monoisotopic (exact) mass is 256 g/mol. The van der Waals surface area contributed by atoms with Gasteiger partial charge < -0.3 is 9.47 Å². The molecule has 0 fully saturated rings. The van der Waals surface area contributed by atoms with Crippen molar-refractivity contribution in [3.05, 3.63) is 0 Å². The number of aliphatic imine (C=N–C) groups is 2. The fourth-order valence-electron chi connectivity index (χ4n) is 1.33. The SMILES string of the molecule is CCCOCCCC(N=C=O)(N=C=O)OCCC. The van der Waals surface area contributed by atoms with Crippen molar-refractivity contribution in [3.8, 4) is 0 Å². The molecule has 6 nitrogen and oxygen atoms in total. The van der Waals surface area contributed by atoms with E-state index in [-0.39, 0.29) is 0 Å². The van der Waals surface area contributed by atoms with Crippen LogP contribution in [0, 0.1) is 0 Å². The van der Waals surface area contributed by atoms with E-state index in [1.807, 2.05) is 13.8 Å². The molecule has 0 bridgehead atoms. The lowest BCUT2D eigenvalue weighted by Gasteiger charge is -2.22. The van der Waals surface area contributed by atoms with Crippen LogP contribution in [0.2, 0.25) is 0 Å². The number of isocyanates is 2. The predicted molar refractivity (Wildman–Crippen MR) is 65.6 cm³/mol. The van der Waals surface area contributed by atoms with Crippen molar-refractivity contribution in [1.29, 1.82) is 0 Å². The number of ether oxygens (including phenoxy) is 2. The highest BCUT2D eigenvalue weighted by atomic mass is 16.5. The highest BCUT2D eigenvalue weighted by Crippen LogP contribution is 2.21. The van der Waals surface area contributed by atoms with Crippen LogP contribution in [0.25, 0.3) is 0 Å². The second-order valence-corrected chi connectivity index (χ2v) is 3.71. The van der Waals surface area contributed by atoms with Crippen LogP contribution in [-0.2, 0) is 19.1 Å². The van der Waals surface area contributed by atoms with Crippen molar-refractivity contribution < 1.29 is 19.1 Å². The molecule has 0 aromatic heterocycles. The highest BCUT2D eigenvalue weighted by molar-refractivity contribution is 5.38. The van der Waals surface area contributed by atoms with Crippen LogP contribution < -0.4 is 0 Å². The molecular formula is C12H20N2O4. The van der Waals surface area contributed by atoms with Gasteiger partial charge in [-0.1, -0.05) is 13.8 Å². The Kier molecular flexibility index (Phi) is 10.0. The van der Waals surface area contributed by atoms with E-state index >= 15 is 0 Å². The molecule has 0 aromatic rings. The highest BCUT2D eigenvalue weighted by Gasteiger charge is 2.29. The lowest BCUT2D eigenvalue weighted by Crippen LogP contribution is -2.29. The number of rotatable bonds is 11. The van der Waals surface area contributed by atoms with E-state index in [4.69, 9.17) is 9.47 Å². The summed E-state index contributed by atoms with van der Waals surface area (Å²) in [6.07, 6.45) is 5.33.